The third kappa shape index (κ3) is 5.82. The molecule has 1 N–H and O–H groups in total. The van der Waals surface area contributed by atoms with Gasteiger partial charge in [0.2, 0.25) is 15.9 Å². The average molecular weight is 434 g/mol. The summed E-state index contributed by atoms with van der Waals surface area (Å²) >= 11 is 1.98. The molecule has 1 saturated heterocycles. The number of rotatable bonds is 7. The van der Waals surface area contributed by atoms with Crippen LogP contribution in [0.3, 0.4) is 0 Å². The van der Waals surface area contributed by atoms with Crippen molar-refractivity contribution in [1.29, 1.82) is 0 Å². The predicted octanol–water partition coefficient (Wildman–Crippen LogP) is 2.80. The molecular formula is C21H27N3O3S2. The van der Waals surface area contributed by atoms with E-state index in [1.807, 2.05) is 30.8 Å². The van der Waals surface area contributed by atoms with Gasteiger partial charge in [-0.2, -0.15) is 16.1 Å². The van der Waals surface area contributed by atoms with Gasteiger partial charge in [-0.1, -0.05) is 30.3 Å². The second kappa shape index (κ2) is 9.75. The molecule has 8 heteroatoms. The highest BCUT2D eigenvalue weighted by Crippen LogP contribution is 2.20. The molecule has 1 heterocycles. The summed E-state index contributed by atoms with van der Waals surface area (Å²) in [5.74, 6) is 1.94. The van der Waals surface area contributed by atoms with E-state index in [4.69, 9.17) is 0 Å². The molecule has 3 rings (SSSR count). The number of hydrogen-bond acceptors (Lipinski definition) is 5. The first-order chi connectivity index (χ1) is 13.9. The minimum absolute atomic E-state index is 0.174. The molecule has 0 aromatic heterocycles. The van der Waals surface area contributed by atoms with Crippen LogP contribution in [0, 0.1) is 6.92 Å². The fourth-order valence-corrected chi connectivity index (χ4v) is 5.30. The molecule has 0 atom stereocenters. The van der Waals surface area contributed by atoms with E-state index in [-0.39, 0.29) is 17.3 Å². The molecule has 0 bridgehead atoms. The average Bonchev–Trinajstić information content (AvgIpc) is 2.72. The smallest absolute Gasteiger partial charge is 0.243 e. The van der Waals surface area contributed by atoms with Crippen molar-refractivity contribution in [3.63, 3.8) is 0 Å². The molecule has 1 fully saturated rings. The first-order valence-electron chi connectivity index (χ1n) is 9.57. The normalized spacial score (nSPS) is 15.4. The molecule has 0 spiro atoms. The van der Waals surface area contributed by atoms with Crippen LogP contribution in [0.4, 0.5) is 5.69 Å². The number of amides is 1. The van der Waals surface area contributed by atoms with Crippen LogP contribution in [-0.4, -0.2) is 61.7 Å². The number of carbonyl (C=O) groups excluding carboxylic acids is 1. The van der Waals surface area contributed by atoms with E-state index in [0.717, 1.165) is 52.3 Å². The van der Waals surface area contributed by atoms with Crippen LogP contribution in [0.25, 0.3) is 0 Å². The molecule has 0 radical (unpaired) electrons. The van der Waals surface area contributed by atoms with Crippen LogP contribution in [0.5, 0.6) is 0 Å². The van der Waals surface area contributed by atoms with Crippen LogP contribution in [0.2, 0.25) is 0 Å². The Hall–Kier alpha value is -1.87. The third-order valence-corrected chi connectivity index (χ3v) is 7.66. The Balaban J connectivity index is 1.64. The van der Waals surface area contributed by atoms with E-state index < -0.39 is 10.0 Å². The summed E-state index contributed by atoms with van der Waals surface area (Å²) in [6.07, 6.45) is 0. The fourth-order valence-electron chi connectivity index (χ4n) is 3.17. The van der Waals surface area contributed by atoms with Crippen molar-refractivity contribution in [2.24, 2.45) is 0 Å². The first-order valence-corrected chi connectivity index (χ1v) is 12.2. The molecular weight excluding hydrogens is 406 g/mol. The maximum atomic E-state index is 12.6. The lowest BCUT2D eigenvalue weighted by atomic mass is 10.1. The third-order valence-electron chi connectivity index (χ3n) is 4.90. The van der Waals surface area contributed by atoms with Crippen LogP contribution >= 0.6 is 11.8 Å². The second-order valence-corrected chi connectivity index (χ2v) is 10.4. The number of sulfonamides is 1. The van der Waals surface area contributed by atoms with Gasteiger partial charge in [0.05, 0.1) is 11.4 Å². The zero-order valence-corrected chi connectivity index (χ0v) is 18.4. The zero-order valence-electron chi connectivity index (χ0n) is 16.8. The van der Waals surface area contributed by atoms with Gasteiger partial charge in [0, 0.05) is 43.9 Å². The number of carbonyl (C=O) groups is 1. The van der Waals surface area contributed by atoms with Crippen LogP contribution in [0.1, 0.15) is 11.1 Å². The Morgan fingerprint density at radius 3 is 2.52 bits per heavy atom. The van der Waals surface area contributed by atoms with Gasteiger partial charge < -0.3 is 5.32 Å². The van der Waals surface area contributed by atoms with Gasteiger partial charge in [-0.15, -0.1) is 0 Å². The summed E-state index contributed by atoms with van der Waals surface area (Å²) < 4.78 is 26.3. The monoisotopic (exact) mass is 433 g/mol. The van der Waals surface area contributed by atoms with Crippen molar-refractivity contribution < 1.29 is 13.2 Å². The second-order valence-electron chi connectivity index (χ2n) is 7.16. The van der Waals surface area contributed by atoms with Gasteiger partial charge in [-0.25, -0.2) is 8.42 Å². The van der Waals surface area contributed by atoms with Crippen molar-refractivity contribution in [2.45, 2.75) is 18.4 Å². The number of nitrogens with one attached hydrogen (secondary N) is 1. The van der Waals surface area contributed by atoms with E-state index in [0.29, 0.717) is 0 Å². The number of likely N-dealkylation sites (N-methyl/N-ethyl adjacent to an activating group) is 1. The van der Waals surface area contributed by atoms with Crippen molar-refractivity contribution in [1.82, 2.24) is 9.21 Å². The minimum Gasteiger partial charge on any atom is -0.325 e. The Bertz CT molecular complexity index is 943. The van der Waals surface area contributed by atoms with Crippen molar-refractivity contribution >= 4 is 33.4 Å². The Morgan fingerprint density at radius 2 is 1.83 bits per heavy atom. The lowest BCUT2D eigenvalue weighted by Gasteiger charge is -2.26. The lowest BCUT2D eigenvalue weighted by Crippen LogP contribution is -2.35. The van der Waals surface area contributed by atoms with Gasteiger partial charge in [0.15, 0.2) is 0 Å². The molecule has 29 heavy (non-hydrogen) atoms. The summed E-state index contributed by atoms with van der Waals surface area (Å²) in [6.45, 7) is 4.68. The summed E-state index contributed by atoms with van der Waals surface area (Å²) in [7, 11) is -2.28. The fraction of sp³-hybridized carbons (Fsp3) is 0.381. The largest absolute Gasteiger partial charge is 0.325 e. The highest BCUT2D eigenvalue weighted by molar-refractivity contribution is 7.99. The summed E-state index contributed by atoms with van der Waals surface area (Å²) in [5.41, 5.74) is 2.82. The topological polar surface area (TPSA) is 69.7 Å². The molecule has 0 aliphatic carbocycles. The number of hydrogen-bond donors (Lipinski definition) is 1. The molecule has 2 aromatic carbocycles. The van der Waals surface area contributed by atoms with E-state index in [2.05, 4.69) is 16.3 Å². The highest BCUT2D eigenvalue weighted by atomic mass is 32.2. The molecule has 0 unspecified atom stereocenters. The predicted molar refractivity (Wildman–Crippen MR) is 119 cm³/mol. The zero-order chi connectivity index (χ0) is 20.9. The Kier molecular flexibility index (Phi) is 7.34. The standard InChI is InChI=1S/C21H27N3O3S2/c1-17-8-9-18(15-24-10-12-28-13-11-24)14-20(17)22-21(25)16-23(2)29(26,27)19-6-4-3-5-7-19/h3-9,14H,10-13,15-16H2,1-2H3,(H,22,25). The Labute approximate surface area is 177 Å². The quantitative estimate of drug-likeness (QED) is 0.727. The van der Waals surface area contributed by atoms with Crippen molar-refractivity contribution in [2.75, 3.05) is 43.5 Å². The molecule has 6 nitrogen and oxygen atoms in total. The SMILES string of the molecule is Cc1ccc(CN2CCSCC2)cc1NC(=O)CN(C)S(=O)(=O)c1ccccc1. The first kappa shape index (κ1) is 21.8. The number of anilines is 1. The lowest BCUT2D eigenvalue weighted by molar-refractivity contribution is -0.116. The highest BCUT2D eigenvalue weighted by Gasteiger charge is 2.23. The molecule has 0 saturated carbocycles. The maximum absolute atomic E-state index is 12.6. The molecule has 1 aliphatic rings. The number of nitrogens with zero attached hydrogens (tertiary/aromatic N) is 2. The minimum atomic E-state index is -3.70. The Morgan fingerprint density at radius 1 is 1.14 bits per heavy atom. The van der Waals surface area contributed by atoms with Crippen molar-refractivity contribution in [3.8, 4) is 0 Å². The van der Waals surface area contributed by atoms with Gasteiger partial charge in [0.1, 0.15) is 0 Å². The van der Waals surface area contributed by atoms with Gasteiger partial charge >= 0.3 is 0 Å². The van der Waals surface area contributed by atoms with E-state index in [1.165, 1.54) is 19.2 Å². The molecule has 1 aliphatic heterocycles. The van der Waals surface area contributed by atoms with Gasteiger partial charge in [0.25, 0.3) is 0 Å². The number of thioether (sulfide) groups is 1. The van der Waals surface area contributed by atoms with Crippen LogP contribution in [-0.2, 0) is 21.4 Å². The van der Waals surface area contributed by atoms with E-state index in [1.54, 1.807) is 18.2 Å². The summed E-state index contributed by atoms with van der Waals surface area (Å²) in [4.78, 5) is 15.1. The number of aryl methyl sites for hydroxylation is 1. The summed E-state index contributed by atoms with van der Waals surface area (Å²) in [6, 6.07) is 14.2. The van der Waals surface area contributed by atoms with E-state index >= 15 is 0 Å². The van der Waals surface area contributed by atoms with Crippen LogP contribution in [0.15, 0.2) is 53.4 Å². The maximum Gasteiger partial charge on any atom is 0.243 e. The van der Waals surface area contributed by atoms with Gasteiger partial charge in [-0.3, -0.25) is 9.69 Å². The number of benzene rings is 2. The molecule has 156 valence electrons. The summed E-state index contributed by atoms with van der Waals surface area (Å²) in [5, 5.41) is 2.87. The van der Waals surface area contributed by atoms with Crippen LogP contribution < -0.4 is 5.32 Å². The van der Waals surface area contributed by atoms with Gasteiger partial charge in [-0.05, 0) is 36.2 Å². The van der Waals surface area contributed by atoms with Crippen molar-refractivity contribution in [3.05, 3.63) is 59.7 Å². The molecule has 2 aromatic rings. The molecule has 1 amide bonds. The van der Waals surface area contributed by atoms with E-state index in [9.17, 15) is 13.2 Å².